The summed E-state index contributed by atoms with van der Waals surface area (Å²) >= 11 is 0. The standard InChI is InChI=1S/C23H25F2N7/c1-28-23(30-14-12-16-5-2-3-6-20(16)25)29-13-4-7-21-19(15-26)22(27)32(31-21)18-10-8-17(24)9-11-18/h2-3,5-6,8-11H,4,7,12-14,27H2,1H3,(H2,28,29,30). The van der Waals surface area contributed by atoms with Crippen molar-refractivity contribution in [1.29, 1.82) is 5.26 Å². The van der Waals surface area contributed by atoms with Crippen LogP contribution in [0.5, 0.6) is 0 Å². The molecule has 9 heteroatoms. The fourth-order valence-electron chi connectivity index (χ4n) is 3.25. The largest absolute Gasteiger partial charge is 0.382 e. The maximum atomic E-state index is 13.7. The molecule has 0 radical (unpaired) electrons. The van der Waals surface area contributed by atoms with Crippen LogP contribution in [-0.2, 0) is 12.8 Å². The highest BCUT2D eigenvalue weighted by molar-refractivity contribution is 5.79. The zero-order valence-corrected chi connectivity index (χ0v) is 17.8. The fraction of sp³-hybridized carbons (Fsp3) is 0.261. The molecular formula is C23H25F2N7. The van der Waals surface area contributed by atoms with E-state index in [-0.39, 0.29) is 17.5 Å². The smallest absolute Gasteiger partial charge is 0.190 e. The molecule has 0 saturated carbocycles. The minimum absolute atomic E-state index is 0.218. The maximum Gasteiger partial charge on any atom is 0.190 e. The Balaban J connectivity index is 1.51. The molecule has 4 N–H and O–H groups in total. The van der Waals surface area contributed by atoms with Gasteiger partial charge in [-0.3, -0.25) is 4.99 Å². The molecule has 166 valence electrons. The van der Waals surface area contributed by atoms with E-state index >= 15 is 0 Å². The third kappa shape index (κ3) is 5.60. The maximum absolute atomic E-state index is 13.7. The summed E-state index contributed by atoms with van der Waals surface area (Å²) in [4.78, 5) is 4.16. The minimum Gasteiger partial charge on any atom is -0.382 e. The molecule has 0 spiro atoms. The predicted molar refractivity (Wildman–Crippen MR) is 120 cm³/mol. The Bertz CT molecular complexity index is 1110. The first kappa shape index (κ1) is 22.7. The molecule has 0 unspecified atom stereocenters. The molecule has 3 aromatic rings. The first-order chi connectivity index (χ1) is 15.5. The molecule has 1 aromatic heterocycles. The molecule has 0 bridgehead atoms. The number of rotatable bonds is 8. The second-order valence-electron chi connectivity index (χ2n) is 7.08. The molecule has 1 heterocycles. The van der Waals surface area contributed by atoms with Gasteiger partial charge >= 0.3 is 0 Å². The Kier molecular flexibility index (Phi) is 7.75. The summed E-state index contributed by atoms with van der Waals surface area (Å²) < 4.78 is 28.3. The molecule has 0 aliphatic heterocycles. The summed E-state index contributed by atoms with van der Waals surface area (Å²) in [7, 11) is 1.66. The Labute approximate surface area is 185 Å². The van der Waals surface area contributed by atoms with Crippen LogP contribution in [0.2, 0.25) is 0 Å². The zero-order chi connectivity index (χ0) is 22.9. The lowest BCUT2D eigenvalue weighted by Gasteiger charge is -2.12. The van der Waals surface area contributed by atoms with Crippen LogP contribution in [0.25, 0.3) is 5.69 Å². The van der Waals surface area contributed by atoms with E-state index in [9.17, 15) is 14.0 Å². The van der Waals surface area contributed by atoms with Crippen molar-refractivity contribution in [2.24, 2.45) is 4.99 Å². The average Bonchev–Trinajstić information content (AvgIpc) is 3.12. The molecule has 0 fully saturated rings. The van der Waals surface area contributed by atoms with Gasteiger partial charge in [0.15, 0.2) is 5.96 Å². The topological polar surface area (TPSA) is 104 Å². The van der Waals surface area contributed by atoms with Crippen LogP contribution in [0.4, 0.5) is 14.6 Å². The van der Waals surface area contributed by atoms with Gasteiger partial charge < -0.3 is 16.4 Å². The van der Waals surface area contributed by atoms with Crippen molar-refractivity contribution in [1.82, 2.24) is 20.4 Å². The number of aliphatic imine (C=N–C) groups is 1. The molecule has 0 aliphatic rings. The Morgan fingerprint density at radius 1 is 1.09 bits per heavy atom. The quantitative estimate of drug-likeness (QED) is 0.286. The molecule has 3 rings (SSSR count). The molecule has 0 aliphatic carbocycles. The van der Waals surface area contributed by atoms with Crippen molar-refractivity contribution in [3.8, 4) is 11.8 Å². The SMILES string of the molecule is CN=C(NCCCc1nn(-c2ccc(F)cc2)c(N)c1C#N)NCCc1ccccc1F. The number of hydrogen-bond acceptors (Lipinski definition) is 4. The van der Waals surface area contributed by atoms with E-state index in [1.807, 2.05) is 6.07 Å². The van der Waals surface area contributed by atoms with Gasteiger partial charge in [-0.05, 0) is 55.2 Å². The highest BCUT2D eigenvalue weighted by Gasteiger charge is 2.16. The van der Waals surface area contributed by atoms with E-state index in [1.54, 1.807) is 31.3 Å². The number of guanidine groups is 1. The molecule has 32 heavy (non-hydrogen) atoms. The van der Waals surface area contributed by atoms with Crippen molar-refractivity contribution >= 4 is 11.8 Å². The minimum atomic E-state index is -0.359. The summed E-state index contributed by atoms with van der Waals surface area (Å²) in [5.41, 5.74) is 8.22. The second kappa shape index (κ2) is 10.9. The zero-order valence-electron chi connectivity index (χ0n) is 17.8. The van der Waals surface area contributed by atoms with E-state index in [0.29, 0.717) is 60.8 Å². The Morgan fingerprint density at radius 2 is 1.81 bits per heavy atom. The number of nitrogen functional groups attached to an aromatic ring is 1. The molecule has 7 nitrogen and oxygen atoms in total. The molecule has 0 atom stereocenters. The molecule has 0 amide bonds. The third-order valence-corrected chi connectivity index (χ3v) is 4.93. The van der Waals surface area contributed by atoms with Crippen LogP contribution >= 0.6 is 0 Å². The Morgan fingerprint density at radius 3 is 2.50 bits per heavy atom. The van der Waals surface area contributed by atoms with Gasteiger partial charge in [0, 0.05) is 20.1 Å². The summed E-state index contributed by atoms with van der Waals surface area (Å²) in [5, 5.41) is 20.3. The van der Waals surface area contributed by atoms with Crippen LogP contribution in [0.3, 0.4) is 0 Å². The van der Waals surface area contributed by atoms with E-state index in [0.717, 1.165) is 0 Å². The van der Waals surface area contributed by atoms with Gasteiger partial charge in [0.25, 0.3) is 0 Å². The van der Waals surface area contributed by atoms with Gasteiger partial charge in [0.1, 0.15) is 29.1 Å². The van der Waals surface area contributed by atoms with E-state index in [4.69, 9.17) is 5.73 Å². The number of nitrogens with two attached hydrogens (primary N) is 1. The van der Waals surface area contributed by atoms with Crippen molar-refractivity contribution in [2.75, 3.05) is 25.9 Å². The molecule has 2 aromatic carbocycles. The number of benzene rings is 2. The van der Waals surface area contributed by atoms with Crippen molar-refractivity contribution in [3.05, 3.63) is 77.0 Å². The average molecular weight is 437 g/mol. The van der Waals surface area contributed by atoms with Crippen molar-refractivity contribution in [2.45, 2.75) is 19.3 Å². The number of hydrogen-bond donors (Lipinski definition) is 3. The fourth-order valence-corrected chi connectivity index (χ4v) is 3.25. The summed E-state index contributed by atoms with van der Waals surface area (Å²) in [6.07, 6.45) is 1.75. The van der Waals surface area contributed by atoms with E-state index < -0.39 is 0 Å². The van der Waals surface area contributed by atoms with Crippen LogP contribution in [0.15, 0.2) is 53.5 Å². The second-order valence-corrected chi connectivity index (χ2v) is 7.08. The normalized spacial score (nSPS) is 11.2. The van der Waals surface area contributed by atoms with Crippen molar-refractivity contribution < 1.29 is 8.78 Å². The summed E-state index contributed by atoms with van der Waals surface area (Å²) in [5.74, 6) is 0.262. The summed E-state index contributed by atoms with van der Waals surface area (Å²) in [6, 6.07) is 14.5. The molecule has 0 saturated heterocycles. The number of aryl methyl sites for hydroxylation is 1. The number of nitriles is 1. The Hall–Kier alpha value is -3.93. The highest BCUT2D eigenvalue weighted by atomic mass is 19.1. The third-order valence-electron chi connectivity index (χ3n) is 4.93. The van der Waals surface area contributed by atoms with Gasteiger partial charge in [-0.25, -0.2) is 13.5 Å². The van der Waals surface area contributed by atoms with Crippen LogP contribution in [-0.4, -0.2) is 35.9 Å². The number of anilines is 1. The van der Waals surface area contributed by atoms with E-state index in [2.05, 4.69) is 26.8 Å². The number of aromatic nitrogens is 2. The monoisotopic (exact) mass is 437 g/mol. The van der Waals surface area contributed by atoms with Crippen molar-refractivity contribution in [3.63, 3.8) is 0 Å². The number of nitrogens with zero attached hydrogens (tertiary/aromatic N) is 4. The van der Waals surface area contributed by atoms with E-state index in [1.165, 1.54) is 22.9 Å². The first-order valence-corrected chi connectivity index (χ1v) is 10.2. The van der Waals surface area contributed by atoms with Crippen LogP contribution in [0.1, 0.15) is 23.2 Å². The lowest BCUT2D eigenvalue weighted by Crippen LogP contribution is -2.38. The van der Waals surface area contributed by atoms with Gasteiger partial charge in [0.05, 0.1) is 11.4 Å². The van der Waals surface area contributed by atoms with Gasteiger partial charge in [-0.1, -0.05) is 18.2 Å². The lowest BCUT2D eigenvalue weighted by atomic mass is 10.1. The number of halogens is 2. The van der Waals surface area contributed by atoms with Crippen LogP contribution < -0.4 is 16.4 Å². The van der Waals surface area contributed by atoms with Gasteiger partial charge in [-0.2, -0.15) is 10.4 Å². The highest BCUT2D eigenvalue weighted by Crippen LogP contribution is 2.21. The first-order valence-electron chi connectivity index (χ1n) is 10.2. The summed E-state index contributed by atoms with van der Waals surface area (Å²) in [6.45, 7) is 1.13. The van der Waals surface area contributed by atoms with Crippen LogP contribution in [0, 0.1) is 23.0 Å². The molecular weight excluding hydrogens is 412 g/mol. The lowest BCUT2D eigenvalue weighted by molar-refractivity contribution is 0.606. The number of nitrogens with one attached hydrogen (secondary N) is 2. The van der Waals surface area contributed by atoms with Gasteiger partial charge in [-0.15, -0.1) is 0 Å². The van der Waals surface area contributed by atoms with Gasteiger partial charge in [0.2, 0.25) is 0 Å². The predicted octanol–water partition coefficient (Wildman–Crippen LogP) is 2.94.